The Morgan fingerprint density at radius 3 is 2.08 bits per heavy atom. The maximum Gasteiger partial charge on any atom is 0.321 e. The zero-order valence-electron chi connectivity index (χ0n) is 13.9. The lowest BCUT2D eigenvalue weighted by atomic mass is 10.1. The number of nitrogens with zero attached hydrogens (tertiary/aromatic N) is 2. The van der Waals surface area contributed by atoms with E-state index >= 15 is 0 Å². The number of benzene rings is 1. The third-order valence-electron chi connectivity index (χ3n) is 5.06. The zero-order chi connectivity index (χ0) is 16.9. The highest BCUT2D eigenvalue weighted by atomic mass is 35.5. The third kappa shape index (κ3) is 4.78. The largest absolute Gasteiger partial charge is 0.322 e. The summed E-state index contributed by atoms with van der Waals surface area (Å²) in [4.78, 5) is 16.9. The minimum absolute atomic E-state index is 0.0751. The van der Waals surface area contributed by atoms with E-state index < -0.39 is 0 Å². The molecule has 6 heteroatoms. The van der Waals surface area contributed by atoms with Crippen LogP contribution in [-0.4, -0.2) is 48.1 Å². The number of hydrogen-bond donors (Lipinski definition) is 1. The van der Waals surface area contributed by atoms with Crippen molar-refractivity contribution in [1.29, 1.82) is 0 Å². The molecular formula is C18H25Cl2N3O. The molecule has 1 aromatic carbocycles. The van der Waals surface area contributed by atoms with Crippen LogP contribution in [0, 0.1) is 0 Å². The molecule has 0 spiro atoms. The van der Waals surface area contributed by atoms with Gasteiger partial charge in [0.1, 0.15) is 0 Å². The molecule has 2 aliphatic rings. The van der Waals surface area contributed by atoms with E-state index in [9.17, 15) is 4.79 Å². The van der Waals surface area contributed by atoms with Gasteiger partial charge in [-0.2, -0.15) is 0 Å². The first kappa shape index (κ1) is 17.8. The Morgan fingerprint density at radius 1 is 0.917 bits per heavy atom. The molecule has 3 rings (SSSR count). The summed E-state index contributed by atoms with van der Waals surface area (Å²) in [5.41, 5.74) is 0.642. The summed E-state index contributed by atoms with van der Waals surface area (Å²) in [6.07, 6.45) is 8.07. The van der Waals surface area contributed by atoms with Crippen molar-refractivity contribution < 1.29 is 4.79 Å². The molecule has 1 aliphatic heterocycles. The average Bonchev–Trinajstić information content (AvgIpc) is 2.83. The number of amides is 2. The number of carbonyl (C=O) groups is 1. The van der Waals surface area contributed by atoms with Gasteiger partial charge in [0.2, 0.25) is 0 Å². The summed E-state index contributed by atoms with van der Waals surface area (Å²) in [5.74, 6) is 0. The van der Waals surface area contributed by atoms with Crippen LogP contribution in [-0.2, 0) is 0 Å². The van der Waals surface area contributed by atoms with Crippen LogP contribution in [0.3, 0.4) is 0 Å². The Bertz CT molecular complexity index is 545. The Kier molecular flexibility index (Phi) is 6.25. The summed E-state index contributed by atoms with van der Waals surface area (Å²) in [6, 6.07) is 5.73. The van der Waals surface area contributed by atoms with Gasteiger partial charge in [0.05, 0.1) is 0 Å². The molecule has 0 atom stereocenters. The predicted octanol–water partition coefficient (Wildman–Crippen LogP) is 4.87. The highest BCUT2D eigenvalue weighted by molar-refractivity contribution is 6.35. The van der Waals surface area contributed by atoms with Crippen LogP contribution in [0.25, 0.3) is 0 Å². The number of rotatable bonds is 2. The van der Waals surface area contributed by atoms with Crippen molar-refractivity contribution in [1.82, 2.24) is 9.80 Å². The Labute approximate surface area is 154 Å². The standard InChI is InChI=1S/C18H25Cl2N3O/c19-14-11-15(20)13-16(12-14)21-18(24)23-9-7-22(8-10-23)17-5-3-1-2-4-6-17/h11-13,17H,1-10H2,(H,21,24). The second-order valence-electron chi connectivity index (χ2n) is 6.76. The van der Waals surface area contributed by atoms with Gasteiger partial charge in [-0.1, -0.05) is 48.9 Å². The highest BCUT2D eigenvalue weighted by Crippen LogP contribution is 2.24. The first-order chi connectivity index (χ1) is 11.6. The van der Waals surface area contributed by atoms with Crippen LogP contribution in [0.2, 0.25) is 10.0 Å². The minimum Gasteiger partial charge on any atom is -0.322 e. The van der Waals surface area contributed by atoms with Gasteiger partial charge >= 0.3 is 6.03 Å². The molecule has 0 bridgehead atoms. The molecule has 1 saturated carbocycles. The number of hydrogen-bond acceptors (Lipinski definition) is 2. The number of carbonyl (C=O) groups excluding carboxylic acids is 1. The monoisotopic (exact) mass is 369 g/mol. The fraction of sp³-hybridized carbons (Fsp3) is 0.611. The molecule has 1 N–H and O–H groups in total. The molecule has 0 unspecified atom stereocenters. The molecule has 1 saturated heterocycles. The summed E-state index contributed by atoms with van der Waals surface area (Å²) in [7, 11) is 0. The van der Waals surface area contributed by atoms with Crippen molar-refractivity contribution in [3.8, 4) is 0 Å². The molecule has 24 heavy (non-hydrogen) atoms. The van der Waals surface area contributed by atoms with Gasteiger partial charge in [-0.05, 0) is 31.0 Å². The SMILES string of the molecule is O=C(Nc1cc(Cl)cc(Cl)c1)N1CCN(C2CCCCCC2)CC1. The summed E-state index contributed by atoms with van der Waals surface area (Å²) < 4.78 is 0. The first-order valence-corrected chi connectivity index (χ1v) is 9.63. The van der Waals surface area contributed by atoms with Gasteiger partial charge in [-0.3, -0.25) is 4.90 Å². The second kappa shape index (κ2) is 8.41. The minimum atomic E-state index is -0.0751. The summed E-state index contributed by atoms with van der Waals surface area (Å²) in [6.45, 7) is 3.48. The lowest BCUT2D eigenvalue weighted by molar-refractivity contribution is 0.105. The summed E-state index contributed by atoms with van der Waals surface area (Å²) >= 11 is 12.0. The van der Waals surface area contributed by atoms with Crippen LogP contribution in [0.5, 0.6) is 0 Å². The van der Waals surface area contributed by atoms with Crippen molar-refractivity contribution in [2.75, 3.05) is 31.5 Å². The van der Waals surface area contributed by atoms with E-state index in [-0.39, 0.29) is 6.03 Å². The van der Waals surface area contributed by atoms with Crippen LogP contribution in [0.15, 0.2) is 18.2 Å². The lowest BCUT2D eigenvalue weighted by Crippen LogP contribution is -2.52. The van der Waals surface area contributed by atoms with E-state index in [1.807, 2.05) is 4.90 Å². The molecule has 2 amide bonds. The van der Waals surface area contributed by atoms with Gasteiger partial charge in [0.15, 0.2) is 0 Å². The van der Waals surface area contributed by atoms with E-state index in [4.69, 9.17) is 23.2 Å². The van der Waals surface area contributed by atoms with Crippen molar-refractivity contribution in [3.63, 3.8) is 0 Å². The van der Waals surface area contributed by atoms with Crippen LogP contribution >= 0.6 is 23.2 Å². The fourth-order valence-corrected chi connectivity index (χ4v) is 4.27. The Morgan fingerprint density at radius 2 is 1.50 bits per heavy atom. The predicted molar refractivity (Wildman–Crippen MR) is 100 cm³/mol. The van der Waals surface area contributed by atoms with Gasteiger partial charge in [-0.25, -0.2) is 4.79 Å². The average molecular weight is 370 g/mol. The van der Waals surface area contributed by atoms with Gasteiger partial charge in [0.25, 0.3) is 0 Å². The van der Waals surface area contributed by atoms with Gasteiger partial charge < -0.3 is 10.2 Å². The van der Waals surface area contributed by atoms with Crippen molar-refractivity contribution >= 4 is 34.9 Å². The van der Waals surface area contributed by atoms with Crippen molar-refractivity contribution in [2.45, 2.75) is 44.6 Å². The molecule has 4 nitrogen and oxygen atoms in total. The van der Waals surface area contributed by atoms with E-state index in [0.29, 0.717) is 21.8 Å². The van der Waals surface area contributed by atoms with Crippen LogP contribution in [0.1, 0.15) is 38.5 Å². The molecule has 0 radical (unpaired) electrons. The third-order valence-corrected chi connectivity index (χ3v) is 5.49. The van der Waals surface area contributed by atoms with E-state index in [2.05, 4.69) is 10.2 Å². The molecule has 2 fully saturated rings. The molecule has 1 aliphatic carbocycles. The maximum absolute atomic E-state index is 12.4. The molecule has 0 aromatic heterocycles. The second-order valence-corrected chi connectivity index (χ2v) is 7.63. The first-order valence-electron chi connectivity index (χ1n) is 8.88. The highest BCUT2D eigenvalue weighted by Gasteiger charge is 2.26. The van der Waals surface area contributed by atoms with E-state index in [0.717, 1.165) is 26.2 Å². The van der Waals surface area contributed by atoms with Crippen LogP contribution < -0.4 is 5.32 Å². The number of piperazine rings is 1. The zero-order valence-corrected chi connectivity index (χ0v) is 15.5. The number of halogens is 2. The Balaban J connectivity index is 1.51. The molecule has 1 aromatic rings. The summed E-state index contributed by atoms with van der Waals surface area (Å²) in [5, 5.41) is 3.95. The van der Waals surface area contributed by atoms with E-state index in [1.165, 1.54) is 38.5 Å². The van der Waals surface area contributed by atoms with Crippen molar-refractivity contribution in [2.24, 2.45) is 0 Å². The quantitative estimate of drug-likeness (QED) is 0.755. The molecule has 132 valence electrons. The van der Waals surface area contributed by atoms with Crippen LogP contribution in [0.4, 0.5) is 10.5 Å². The van der Waals surface area contributed by atoms with Gasteiger partial charge in [0, 0.05) is 48.0 Å². The number of urea groups is 1. The molecule has 1 heterocycles. The number of nitrogens with one attached hydrogen (secondary N) is 1. The smallest absolute Gasteiger partial charge is 0.321 e. The normalized spacial score (nSPS) is 20.7. The Hall–Kier alpha value is -0.970. The van der Waals surface area contributed by atoms with E-state index in [1.54, 1.807) is 18.2 Å². The topological polar surface area (TPSA) is 35.6 Å². The number of anilines is 1. The van der Waals surface area contributed by atoms with Crippen molar-refractivity contribution in [3.05, 3.63) is 28.2 Å². The maximum atomic E-state index is 12.4. The molecular weight excluding hydrogens is 345 g/mol. The fourth-order valence-electron chi connectivity index (χ4n) is 3.74. The van der Waals surface area contributed by atoms with Gasteiger partial charge in [-0.15, -0.1) is 0 Å². The lowest BCUT2D eigenvalue weighted by Gasteiger charge is -2.39.